The molecule has 1 aliphatic rings. The Bertz CT molecular complexity index is 659. The quantitative estimate of drug-likeness (QED) is 0.395. The Labute approximate surface area is 168 Å². The Morgan fingerprint density at radius 2 is 1.88 bits per heavy atom. The van der Waals surface area contributed by atoms with Crippen molar-refractivity contribution in [1.82, 2.24) is 10.2 Å². The van der Waals surface area contributed by atoms with Crippen LogP contribution in [0, 0.1) is 0 Å². The van der Waals surface area contributed by atoms with Crippen LogP contribution in [0.2, 0.25) is 0 Å². The first-order valence-electron chi connectivity index (χ1n) is 8.11. The van der Waals surface area contributed by atoms with Gasteiger partial charge < -0.3 is 15.0 Å². The minimum absolute atomic E-state index is 0. The molecule has 2 rings (SSSR count). The number of rotatable bonds is 5. The molecule has 0 aromatic heterocycles. The van der Waals surface area contributed by atoms with Gasteiger partial charge in [0.05, 0.1) is 4.75 Å². The van der Waals surface area contributed by atoms with E-state index >= 15 is 0 Å². The molecule has 0 unspecified atom stereocenters. The van der Waals surface area contributed by atoms with E-state index in [1.54, 1.807) is 7.05 Å². The van der Waals surface area contributed by atoms with Crippen LogP contribution in [0.25, 0.3) is 0 Å². The molecule has 1 aromatic carbocycles. The summed E-state index contributed by atoms with van der Waals surface area (Å²) in [6.45, 7) is 2.01. The van der Waals surface area contributed by atoms with Gasteiger partial charge in [-0.05, 0) is 18.4 Å². The van der Waals surface area contributed by atoms with E-state index in [1.165, 1.54) is 11.8 Å². The van der Waals surface area contributed by atoms with Crippen molar-refractivity contribution in [3.8, 4) is 0 Å². The predicted molar refractivity (Wildman–Crippen MR) is 112 cm³/mol. The van der Waals surface area contributed by atoms with Crippen molar-refractivity contribution >= 4 is 39.8 Å². The van der Waals surface area contributed by atoms with E-state index < -0.39 is 14.6 Å². The van der Waals surface area contributed by atoms with E-state index in [0.29, 0.717) is 45.1 Å². The maximum absolute atomic E-state index is 12.3. The summed E-state index contributed by atoms with van der Waals surface area (Å²) in [6, 6.07) is 10.1. The van der Waals surface area contributed by atoms with Gasteiger partial charge in [-0.1, -0.05) is 30.3 Å². The van der Waals surface area contributed by atoms with Crippen molar-refractivity contribution in [2.45, 2.75) is 24.1 Å². The molecule has 142 valence electrons. The third-order valence-corrected chi connectivity index (χ3v) is 6.72. The number of nitrogens with zero attached hydrogens (tertiary/aromatic N) is 2. The van der Waals surface area contributed by atoms with Gasteiger partial charge in [-0.15, -0.1) is 24.0 Å². The lowest BCUT2D eigenvalue weighted by Gasteiger charge is -2.36. The fourth-order valence-corrected chi connectivity index (χ4v) is 4.22. The zero-order chi connectivity index (χ0) is 17.6. The molecule has 6 nitrogen and oxygen atoms in total. The Balaban J connectivity index is 0.00000312. The molecule has 1 aliphatic heterocycles. The average molecular weight is 481 g/mol. The second-order valence-electron chi connectivity index (χ2n) is 6.31. The van der Waals surface area contributed by atoms with Crippen molar-refractivity contribution in [3.05, 3.63) is 35.9 Å². The minimum Gasteiger partial charge on any atom is -0.381 e. The van der Waals surface area contributed by atoms with Gasteiger partial charge in [0.2, 0.25) is 0 Å². The summed E-state index contributed by atoms with van der Waals surface area (Å²) in [5, 5.41) is 3.25. The summed E-state index contributed by atoms with van der Waals surface area (Å²) in [5.41, 5.74) is 1.17. The topological polar surface area (TPSA) is 71.0 Å². The van der Waals surface area contributed by atoms with Crippen LogP contribution >= 0.6 is 24.0 Å². The molecular weight excluding hydrogens is 453 g/mol. The lowest BCUT2D eigenvalue weighted by molar-refractivity contribution is 0.0755. The molecule has 0 amide bonds. The second kappa shape index (κ2) is 9.72. The van der Waals surface area contributed by atoms with Crippen LogP contribution in [-0.2, 0) is 21.1 Å². The molecule has 1 aromatic rings. The predicted octanol–water partition coefficient (Wildman–Crippen LogP) is 1.91. The van der Waals surface area contributed by atoms with Crippen molar-refractivity contribution in [1.29, 1.82) is 0 Å². The van der Waals surface area contributed by atoms with Crippen molar-refractivity contribution in [2.75, 3.05) is 40.1 Å². The number of halogens is 1. The number of guanidine groups is 1. The third kappa shape index (κ3) is 5.82. The monoisotopic (exact) mass is 481 g/mol. The van der Waals surface area contributed by atoms with Gasteiger partial charge in [-0.2, -0.15) is 0 Å². The summed E-state index contributed by atoms with van der Waals surface area (Å²) in [6.07, 6.45) is 2.34. The molecule has 0 radical (unpaired) electrons. The fraction of sp³-hybridized carbons (Fsp3) is 0.588. The standard InChI is InChI=1S/C17H27N3O3S.HI/c1-18-16(20(2)13-15-7-5-4-6-8-15)19-14-17(24(3,21)22)9-11-23-12-10-17;/h4-8H,9-14H2,1-3H3,(H,18,19);1H. The lowest BCUT2D eigenvalue weighted by atomic mass is 9.99. The molecule has 0 spiro atoms. The van der Waals surface area contributed by atoms with Crippen LogP contribution in [-0.4, -0.2) is 64.1 Å². The Morgan fingerprint density at radius 1 is 1.28 bits per heavy atom. The fourth-order valence-electron chi connectivity index (χ4n) is 2.98. The van der Waals surface area contributed by atoms with Gasteiger partial charge in [-0.3, -0.25) is 4.99 Å². The molecule has 1 N–H and O–H groups in total. The molecule has 25 heavy (non-hydrogen) atoms. The minimum atomic E-state index is -3.19. The van der Waals surface area contributed by atoms with Crippen LogP contribution in [0.3, 0.4) is 0 Å². The van der Waals surface area contributed by atoms with Crippen molar-refractivity contribution < 1.29 is 13.2 Å². The van der Waals surface area contributed by atoms with E-state index in [9.17, 15) is 8.42 Å². The summed E-state index contributed by atoms with van der Waals surface area (Å²) < 4.78 is 29.2. The van der Waals surface area contributed by atoms with Crippen LogP contribution in [0.5, 0.6) is 0 Å². The highest BCUT2D eigenvalue weighted by molar-refractivity contribution is 14.0. The van der Waals surface area contributed by atoms with Crippen molar-refractivity contribution in [3.63, 3.8) is 0 Å². The third-order valence-electron chi connectivity index (χ3n) is 4.60. The number of benzene rings is 1. The average Bonchev–Trinajstić information content (AvgIpc) is 2.56. The zero-order valence-corrected chi connectivity index (χ0v) is 18.2. The molecule has 1 saturated heterocycles. The molecule has 0 atom stereocenters. The molecule has 0 aliphatic carbocycles. The summed E-state index contributed by atoms with van der Waals surface area (Å²) >= 11 is 0. The lowest BCUT2D eigenvalue weighted by Crippen LogP contribution is -2.53. The highest BCUT2D eigenvalue weighted by Gasteiger charge is 2.42. The van der Waals surface area contributed by atoms with Gasteiger partial charge >= 0.3 is 0 Å². The molecular formula is C17H28IN3O3S. The molecule has 1 fully saturated rings. The summed E-state index contributed by atoms with van der Waals surface area (Å²) in [4.78, 5) is 6.28. The maximum Gasteiger partial charge on any atom is 0.193 e. The summed E-state index contributed by atoms with van der Waals surface area (Å²) in [7, 11) is 0.461. The molecule has 0 saturated carbocycles. The summed E-state index contributed by atoms with van der Waals surface area (Å²) in [5.74, 6) is 0.688. The zero-order valence-electron chi connectivity index (χ0n) is 15.1. The highest BCUT2D eigenvalue weighted by Crippen LogP contribution is 2.28. The number of sulfone groups is 1. The van der Waals surface area contributed by atoms with Gasteiger partial charge in [0.15, 0.2) is 15.8 Å². The largest absolute Gasteiger partial charge is 0.381 e. The first kappa shape index (κ1) is 22.2. The smallest absolute Gasteiger partial charge is 0.193 e. The van der Waals surface area contributed by atoms with Crippen LogP contribution in [0.4, 0.5) is 0 Å². The van der Waals surface area contributed by atoms with Crippen molar-refractivity contribution in [2.24, 2.45) is 4.99 Å². The van der Waals surface area contributed by atoms with E-state index in [4.69, 9.17) is 4.74 Å². The van der Waals surface area contributed by atoms with Gasteiger partial charge in [0.1, 0.15) is 0 Å². The number of hydrogen-bond donors (Lipinski definition) is 1. The first-order chi connectivity index (χ1) is 11.4. The Morgan fingerprint density at radius 3 is 2.40 bits per heavy atom. The van der Waals surface area contributed by atoms with Crippen LogP contribution < -0.4 is 5.32 Å². The van der Waals surface area contributed by atoms with E-state index in [0.717, 1.165) is 0 Å². The Hall–Kier alpha value is -0.870. The maximum atomic E-state index is 12.3. The molecule has 0 bridgehead atoms. The van der Waals surface area contributed by atoms with Gasteiger partial charge in [0, 0.05) is 46.7 Å². The van der Waals surface area contributed by atoms with Gasteiger partial charge in [-0.25, -0.2) is 8.42 Å². The Kier molecular flexibility index (Phi) is 8.62. The number of hydrogen-bond acceptors (Lipinski definition) is 4. The molecule has 1 heterocycles. The highest BCUT2D eigenvalue weighted by atomic mass is 127. The first-order valence-corrected chi connectivity index (χ1v) is 10.0. The SMILES string of the molecule is CN=C(NCC1(S(C)(=O)=O)CCOCC1)N(C)Cc1ccccc1.I. The van der Waals surface area contributed by atoms with Gasteiger partial charge in [0.25, 0.3) is 0 Å². The van der Waals surface area contributed by atoms with Crippen LogP contribution in [0.1, 0.15) is 18.4 Å². The van der Waals surface area contributed by atoms with Crippen LogP contribution in [0.15, 0.2) is 35.3 Å². The van der Waals surface area contributed by atoms with E-state index in [2.05, 4.69) is 22.4 Å². The van der Waals surface area contributed by atoms with E-state index in [-0.39, 0.29) is 24.0 Å². The number of nitrogens with one attached hydrogen (secondary N) is 1. The second-order valence-corrected chi connectivity index (χ2v) is 8.72. The number of ether oxygens (including phenoxy) is 1. The van der Waals surface area contributed by atoms with E-state index in [1.807, 2.05) is 30.1 Å². The normalized spacial score (nSPS) is 17.5. The molecule has 8 heteroatoms. The number of aliphatic imine (C=N–C) groups is 1.